The summed E-state index contributed by atoms with van der Waals surface area (Å²) in [5.41, 5.74) is 0. The van der Waals surface area contributed by atoms with Crippen molar-refractivity contribution in [2.24, 2.45) is 4.99 Å². The van der Waals surface area contributed by atoms with E-state index in [-0.39, 0.29) is 35.9 Å². The van der Waals surface area contributed by atoms with Crippen LogP contribution < -0.4 is 10.1 Å². The van der Waals surface area contributed by atoms with Gasteiger partial charge in [-0.25, -0.2) is 4.39 Å². The van der Waals surface area contributed by atoms with E-state index in [1.807, 2.05) is 0 Å². The van der Waals surface area contributed by atoms with Crippen LogP contribution in [0.4, 0.5) is 4.39 Å². The zero-order chi connectivity index (χ0) is 21.7. The molecular weight excluding hydrogens is 524 g/mol. The number of ether oxygens (including phenoxy) is 3. The van der Waals surface area contributed by atoms with Crippen molar-refractivity contribution in [1.82, 2.24) is 10.2 Å². The molecule has 1 atom stereocenters. The van der Waals surface area contributed by atoms with Gasteiger partial charge in [-0.15, -0.1) is 24.0 Å². The van der Waals surface area contributed by atoms with E-state index in [1.165, 1.54) is 25.0 Å². The Labute approximate surface area is 209 Å². The highest BCUT2D eigenvalue weighted by Crippen LogP contribution is 2.18. The van der Waals surface area contributed by atoms with Crippen LogP contribution >= 0.6 is 24.0 Å². The molecule has 2 aliphatic rings. The van der Waals surface area contributed by atoms with E-state index in [2.05, 4.69) is 17.1 Å². The molecule has 32 heavy (non-hydrogen) atoms. The lowest BCUT2D eigenvalue weighted by Gasteiger charge is -2.35. The van der Waals surface area contributed by atoms with Crippen LogP contribution in [0.2, 0.25) is 0 Å². The van der Waals surface area contributed by atoms with Crippen molar-refractivity contribution in [3.63, 3.8) is 0 Å². The number of likely N-dealkylation sites (tertiary alicyclic amines) is 1. The number of hydrogen-bond donors (Lipinski definition) is 1. The predicted molar refractivity (Wildman–Crippen MR) is 137 cm³/mol. The second-order valence-corrected chi connectivity index (χ2v) is 8.25. The van der Waals surface area contributed by atoms with Gasteiger partial charge in [0.1, 0.15) is 11.6 Å². The Bertz CT molecular complexity index is 648. The molecule has 0 radical (unpaired) electrons. The third kappa shape index (κ3) is 9.79. The molecule has 0 aliphatic carbocycles. The molecular formula is C24H39FIN3O3. The summed E-state index contributed by atoms with van der Waals surface area (Å²) in [5.74, 6) is 1.46. The van der Waals surface area contributed by atoms with Crippen LogP contribution in [0.5, 0.6) is 5.75 Å². The summed E-state index contributed by atoms with van der Waals surface area (Å²) in [6, 6.07) is 6.15. The Morgan fingerprint density at radius 1 is 1.16 bits per heavy atom. The fourth-order valence-electron chi connectivity index (χ4n) is 3.96. The van der Waals surface area contributed by atoms with Crippen molar-refractivity contribution in [3.8, 4) is 5.75 Å². The minimum atomic E-state index is -0.244. The van der Waals surface area contributed by atoms with Crippen LogP contribution in [0.1, 0.15) is 51.9 Å². The number of nitrogens with one attached hydrogen (secondary N) is 1. The van der Waals surface area contributed by atoms with Gasteiger partial charge in [0.05, 0.1) is 25.4 Å². The van der Waals surface area contributed by atoms with Gasteiger partial charge in [0.2, 0.25) is 0 Å². The number of halogens is 2. The average Bonchev–Trinajstić information content (AvgIpc) is 2.81. The van der Waals surface area contributed by atoms with Gasteiger partial charge in [-0.2, -0.15) is 0 Å². The smallest absolute Gasteiger partial charge is 0.193 e. The van der Waals surface area contributed by atoms with Crippen molar-refractivity contribution in [2.45, 2.75) is 64.1 Å². The first kappa shape index (κ1) is 27.1. The highest BCUT2D eigenvalue weighted by molar-refractivity contribution is 14.0. The maximum absolute atomic E-state index is 12.9. The average molecular weight is 563 g/mol. The van der Waals surface area contributed by atoms with Gasteiger partial charge in [-0.05, 0) is 76.1 Å². The predicted octanol–water partition coefficient (Wildman–Crippen LogP) is 4.62. The topological polar surface area (TPSA) is 55.3 Å². The SMILES string of the molecule is CCNC(=NCCCCOc1ccc(F)cc1)N1CCC(OCC2CCCCO2)CC1.I. The Hall–Kier alpha value is -1.13. The number of guanidine groups is 1. The van der Waals surface area contributed by atoms with Gasteiger partial charge in [-0.1, -0.05) is 0 Å². The molecule has 2 heterocycles. The number of rotatable bonds is 10. The lowest BCUT2D eigenvalue weighted by Crippen LogP contribution is -2.47. The molecule has 2 aliphatic heterocycles. The molecule has 0 aromatic heterocycles. The van der Waals surface area contributed by atoms with Crippen LogP contribution in [0.15, 0.2) is 29.3 Å². The lowest BCUT2D eigenvalue weighted by molar-refractivity contribution is -0.0721. The summed E-state index contributed by atoms with van der Waals surface area (Å²) >= 11 is 0. The van der Waals surface area contributed by atoms with Crippen LogP contribution in [0.25, 0.3) is 0 Å². The summed E-state index contributed by atoms with van der Waals surface area (Å²) in [7, 11) is 0. The maximum Gasteiger partial charge on any atom is 0.193 e. The van der Waals surface area contributed by atoms with Gasteiger partial charge >= 0.3 is 0 Å². The summed E-state index contributed by atoms with van der Waals surface area (Å²) < 4.78 is 30.5. The summed E-state index contributed by atoms with van der Waals surface area (Å²) in [5, 5.41) is 3.42. The first-order valence-electron chi connectivity index (χ1n) is 11.9. The number of nitrogens with zero attached hydrogens (tertiary/aromatic N) is 2. The van der Waals surface area contributed by atoms with Crippen molar-refractivity contribution in [2.75, 3.05) is 46.0 Å². The monoisotopic (exact) mass is 563 g/mol. The minimum absolute atomic E-state index is 0. The molecule has 2 saturated heterocycles. The zero-order valence-electron chi connectivity index (χ0n) is 19.3. The van der Waals surface area contributed by atoms with E-state index in [0.29, 0.717) is 18.5 Å². The summed E-state index contributed by atoms with van der Waals surface area (Å²) in [6.07, 6.45) is 8.12. The molecule has 1 unspecified atom stereocenters. The van der Waals surface area contributed by atoms with E-state index >= 15 is 0 Å². The molecule has 182 valence electrons. The number of aliphatic imine (C=N–C) groups is 1. The molecule has 8 heteroatoms. The fourth-order valence-corrected chi connectivity index (χ4v) is 3.96. The number of piperidine rings is 1. The summed E-state index contributed by atoms with van der Waals surface area (Å²) in [4.78, 5) is 7.15. The van der Waals surface area contributed by atoms with Crippen molar-refractivity contribution in [1.29, 1.82) is 0 Å². The van der Waals surface area contributed by atoms with Gasteiger partial charge in [0.15, 0.2) is 5.96 Å². The highest BCUT2D eigenvalue weighted by atomic mass is 127. The molecule has 3 rings (SSSR count). The molecule has 0 spiro atoms. The van der Waals surface area contributed by atoms with E-state index in [1.54, 1.807) is 12.1 Å². The van der Waals surface area contributed by atoms with Crippen LogP contribution in [-0.4, -0.2) is 69.1 Å². The first-order valence-corrected chi connectivity index (χ1v) is 11.9. The van der Waals surface area contributed by atoms with Gasteiger partial charge in [0, 0.05) is 32.8 Å². The molecule has 1 aromatic carbocycles. The van der Waals surface area contributed by atoms with Crippen molar-refractivity contribution < 1.29 is 18.6 Å². The Morgan fingerprint density at radius 3 is 2.62 bits per heavy atom. The standard InChI is InChI=1S/C24H38FN3O3.HI/c1-2-26-24(27-14-4-6-18-29-21-10-8-20(25)9-11-21)28-15-12-22(13-16-28)31-19-23-7-3-5-17-30-23;/h8-11,22-23H,2-7,12-19H2,1H3,(H,26,27);1H. The Balaban J connectivity index is 0.00000363. The second-order valence-electron chi connectivity index (χ2n) is 8.25. The van der Waals surface area contributed by atoms with E-state index in [9.17, 15) is 4.39 Å². The van der Waals surface area contributed by atoms with Gasteiger partial charge in [0.25, 0.3) is 0 Å². The van der Waals surface area contributed by atoms with Gasteiger partial charge < -0.3 is 24.4 Å². The Kier molecular flexibility index (Phi) is 13.3. The molecule has 0 amide bonds. The normalized spacial score (nSPS) is 20.0. The number of benzene rings is 1. The van der Waals surface area contributed by atoms with E-state index in [4.69, 9.17) is 19.2 Å². The highest BCUT2D eigenvalue weighted by Gasteiger charge is 2.23. The fraction of sp³-hybridized carbons (Fsp3) is 0.708. The Morgan fingerprint density at radius 2 is 1.94 bits per heavy atom. The third-order valence-corrected chi connectivity index (χ3v) is 5.76. The maximum atomic E-state index is 12.9. The number of hydrogen-bond acceptors (Lipinski definition) is 4. The molecule has 1 aromatic rings. The van der Waals surface area contributed by atoms with Crippen LogP contribution in [-0.2, 0) is 9.47 Å². The second kappa shape index (κ2) is 15.7. The largest absolute Gasteiger partial charge is 0.494 e. The molecule has 1 N–H and O–H groups in total. The lowest BCUT2D eigenvalue weighted by atomic mass is 10.1. The van der Waals surface area contributed by atoms with Crippen molar-refractivity contribution >= 4 is 29.9 Å². The molecule has 0 saturated carbocycles. The third-order valence-electron chi connectivity index (χ3n) is 5.76. The molecule has 2 fully saturated rings. The molecule has 6 nitrogen and oxygen atoms in total. The van der Waals surface area contributed by atoms with Gasteiger partial charge in [-0.3, -0.25) is 4.99 Å². The van der Waals surface area contributed by atoms with E-state index < -0.39 is 0 Å². The zero-order valence-corrected chi connectivity index (χ0v) is 21.6. The summed E-state index contributed by atoms with van der Waals surface area (Å²) in [6.45, 7) is 7.90. The van der Waals surface area contributed by atoms with Crippen LogP contribution in [0, 0.1) is 5.82 Å². The minimum Gasteiger partial charge on any atom is -0.494 e. The quantitative estimate of drug-likeness (QED) is 0.195. The van der Waals surface area contributed by atoms with Crippen LogP contribution in [0.3, 0.4) is 0 Å². The number of unbranched alkanes of at least 4 members (excludes halogenated alkanes) is 1. The van der Waals surface area contributed by atoms with E-state index in [0.717, 1.165) is 77.5 Å². The first-order chi connectivity index (χ1) is 15.2. The van der Waals surface area contributed by atoms with Crippen molar-refractivity contribution in [3.05, 3.63) is 30.1 Å². The molecule has 0 bridgehead atoms.